The van der Waals surface area contributed by atoms with Crippen molar-refractivity contribution in [2.45, 2.75) is 44.2 Å². The fourth-order valence-corrected chi connectivity index (χ4v) is 5.12. The van der Waals surface area contributed by atoms with Crippen molar-refractivity contribution in [2.24, 2.45) is 5.73 Å². The van der Waals surface area contributed by atoms with Crippen LogP contribution in [-0.2, 0) is 25.5 Å². The Kier molecular flexibility index (Phi) is 6.52. The summed E-state index contributed by atoms with van der Waals surface area (Å²) in [6.45, 7) is 5.21. The molecule has 1 aromatic heterocycles. The molecule has 1 aliphatic carbocycles. The molecule has 200 valence electrons. The maximum Gasteiger partial charge on any atom is 0.419 e. The predicted molar refractivity (Wildman–Crippen MR) is 147 cm³/mol. The molecule has 0 saturated heterocycles. The van der Waals surface area contributed by atoms with E-state index in [2.05, 4.69) is 0 Å². The van der Waals surface area contributed by atoms with Crippen LogP contribution < -0.4 is 5.73 Å². The third-order valence-electron chi connectivity index (χ3n) is 6.94. The van der Waals surface area contributed by atoms with Crippen LogP contribution in [0.1, 0.15) is 43.4 Å². The molecule has 4 aromatic rings. The molecule has 3 N–H and O–H groups in total. The van der Waals surface area contributed by atoms with E-state index in [-0.39, 0.29) is 18.9 Å². The molecule has 0 aliphatic heterocycles. The topological polar surface area (TPSA) is 121 Å². The van der Waals surface area contributed by atoms with E-state index >= 15 is 0 Å². The Bertz CT molecular complexity index is 1550. The number of aromatic nitrogens is 1. The minimum atomic E-state index is -2.37. The second kappa shape index (κ2) is 9.71. The van der Waals surface area contributed by atoms with E-state index in [1.54, 1.807) is 45.0 Å². The first-order chi connectivity index (χ1) is 18.5. The number of fused-ring (bicyclic) bond motifs is 4. The molecule has 0 amide bonds. The lowest BCUT2D eigenvalue weighted by molar-refractivity contribution is -0.161. The van der Waals surface area contributed by atoms with Gasteiger partial charge in [0, 0.05) is 23.9 Å². The summed E-state index contributed by atoms with van der Waals surface area (Å²) in [4.78, 5) is 38.6. The quantitative estimate of drug-likeness (QED) is 0.265. The molecule has 8 heteroatoms. The van der Waals surface area contributed by atoms with Crippen molar-refractivity contribution in [1.82, 2.24) is 4.57 Å². The van der Waals surface area contributed by atoms with Crippen LogP contribution in [0.15, 0.2) is 79.0 Å². The smallest absolute Gasteiger partial charge is 0.419 e. The monoisotopic (exact) mass is 526 g/mol. The Morgan fingerprint density at radius 1 is 0.897 bits per heavy atom. The van der Waals surface area contributed by atoms with E-state index in [0.29, 0.717) is 16.5 Å². The van der Waals surface area contributed by atoms with Gasteiger partial charge in [-0.3, -0.25) is 4.57 Å². The summed E-state index contributed by atoms with van der Waals surface area (Å²) in [5.41, 5.74) is 8.21. The number of ether oxygens (including phenoxy) is 2. The number of carboxylic acid groups (broad SMARTS) is 1. The molecule has 1 aliphatic rings. The van der Waals surface area contributed by atoms with Gasteiger partial charge in [-0.05, 0) is 54.7 Å². The van der Waals surface area contributed by atoms with Crippen molar-refractivity contribution >= 4 is 28.9 Å². The van der Waals surface area contributed by atoms with Crippen molar-refractivity contribution in [2.75, 3.05) is 6.61 Å². The number of aliphatic carboxylic acids is 1. The Balaban J connectivity index is 1.42. The first-order valence-electron chi connectivity index (χ1n) is 12.7. The lowest BCUT2D eigenvalue weighted by Crippen LogP contribution is -2.57. The van der Waals surface area contributed by atoms with Crippen LogP contribution in [0.25, 0.3) is 22.0 Å². The highest BCUT2D eigenvalue weighted by atomic mass is 16.6. The number of hydrogen-bond acceptors (Lipinski definition) is 6. The highest BCUT2D eigenvalue weighted by molar-refractivity contribution is 6.05. The van der Waals surface area contributed by atoms with Gasteiger partial charge in [0.2, 0.25) is 5.54 Å². The summed E-state index contributed by atoms with van der Waals surface area (Å²) in [5, 5.41) is 10.7. The lowest BCUT2D eigenvalue weighted by Gasteiger charge is -2.24. The summed E-state index contributed by atoms with van der Waals surface area (Å²) in [7, 11) is 0. The van der Waals surface area contributed by atoms with E-state index < -0.39 is 29.2 Å². The molecule has 3 aromatic carbocycles. The van der Waals surface area contributed by atoms with Gasteiger partial charge in [-0.25, -0.2) is 14.4 Å². The molecule has 1 unspecified atom stereocenters. The number of esters is 1. The largest absolute Gasteiger partial charge is 0.479 e. The number of nitrogens with zero attached hydrogens (tertiary/aromatic N) is 1. The molecule has 0 fully saturated rings. The minimum absolute atomic E-state index is 0.0568. The van der Waals surface area contributed by atoms with Gasteiger partial charge in [0.15, 0.2) is 0 Å². The first kappa shape index (κ1) is 26.2. The van der Waals surface area contributed by atoms with Gasteiger partial charge in [0.05, 0.1) is 5.52 Å². The van der Waals surface area contributed by atoms with E-state index in [1.165, 1.54) is 10.8 Å². The molecular formula is C31H30N2O6. The fraction of sp³-hybridized carbons (Fsp3) is 0.258. The minimum Gasteiger partial charge on any atom is -0.479 e. The van der Waals surface area contributed by atoms with Gasteiger partial charge in [-0.1, -0.05) is 66.7 Å². The molecule has 0 saturated carbocycles. The van der Waals surface area contributed by atoms with Gasteiger partial charge in [0.1, 0.15) is 12.2 Å². The van der Waals surface area contributed by atoms with E-state index in [9.17, 15) is 19.5 Å². The number of carbonyl (C=O) groups is 3. The van der Waals surface area contributed by atoms with Gasteiger partial charge in [-0.15, -0.1) is 0 Å². The Labute approximate surface area is 226 Å². The number of carboxylic acids is 1. The molecule has 0 radical (unpaired) electrons. The molecular weight excluding hydrogens is 496 g/mol. The van der Waals surface area contributed by atoms with Crippen LogP contribution >= 0.6 is 0 Å². The highest BCUT2D eigenvalue weighted by Crippen LogP contribution is 2.44. The number of hydrogen-bond donors (Lipinski definition) is 2. The molecule has 5 rings (SSSR count). The van der Waals surface area contributed by atoms with Crippen LogP contribution in [-0.4, -0.2) is 45.5 Å². The molecule has 0 spiro atoms. The Morgan fingerprint density at radius 3 is 2.05 bits per heavy atom. The number of carbonyl (C=O) groups excluding carboxylic acids is 2. The third-order valence-corrected chi connectivity index (χ3v) is 6.94. The second-order valence-electron chi connectivity index (χ2n) is 10.8. The molecule has 1 atom stereocenters. The summed E-state index contributed by atoms with van der Waals surface area (Å²) < 4.78 is 12.4. The van der Waals surface area contributed by atoms with E-state index in [4.69, 9.17) is 15.2 Å². The van der Waals surface area contributed by atoms with Crippen molar-refractivity contribution < 1.29 is 29.0 Å². The van der Waals surface area contributed by atoms with Gasteiger partial charge >= 0.3 is 18.0 Å². The average molecular weight is 527 g/mol. The maximum absolute atomic E-state index is 13.3. The van der Waals surface area contributed by atoms with Crippen molar-refractivity contribution in [3.05, 3.63) is 95.7 Å². The van der Waals surface area contributed by atoms with Crippen molar-refractivity contribution in [3.8, 4) is 11.1 Å². The van der Waals surface area contributed by atoms with E-state index in [1.807, 2.05) is 48.5 Å². The highest BCUT2D eigenvalue weighted by Gasteiger charge is 2.45. The van der Waals surface area contributed by atoms with Gasteiger partial charge in [0.25, 0.3) is 0 Å². The van der Waals surface area contributed by atoms with Crippen LogP contribution in [0, 0.1) is 0 Å². The van der Waals surface area contributed by atoms with Crippen molar-refractivity contribution in [3.63, 3.8) is 0 Å². The molecule has 39 heavy (non-hydrogen) atoms. The number of rotatable bonds is 6. The van der Waals surface area contributed by atoms with Crippen LogP contribution in [0.4, 0.5) is 4.79 Å². The first-order valence-corrected chi connectivity index (χ1v) is 12.7. The van der Waals surface area contributed by atoms with Crippen LogP contribution in [0.5, 0.6) is 0 Å². The number of nitrogens with two attached hydrogens (primary N) is 1. The number of para-hydroxylation sites is 1. The normalized spacial score (nSPS) is 14.4. The zero-order chi connectivity index (χ0) is 27.9. The van der Waals surface area contributed by atoms with Gasteiger partial charge in [-0.2, -0.15) is 0 Å². The lowest BCUT2D eigenvalue weighted by atomic mass is 9.91. The van der Waals surface area contributed by atoms with Gasteiger partial charge < -0.3 is 20.3 Å². The summed E-state index contributed by atoms with van der Waals surface area (Å²) in [6.07, 6.45) is 0.471. The zero-order valence-electron chi connectivity index (χ0n) is 22.0. The van der Waals surface area contributed by atoms with Crippen LogP contribution in [0.3, 0.4) is 0 Å². The van der Waals surface area contributed by atoms with Crippen LogP contribution in [0.2, 0.25) is 0 Å². The summed E-state index contributed by atoms with van der Waals surface area (Å²) in [5.74, 6) is -2.81. The Morgan fingerprint density at radius 2 is 1.46 bits per heavy atom. The predicted octanol–water partition coefficient (Wildman–Crippen LogP) is 5.10. The standard InChI is InChI=1S/C31H30N2O6/c1-30(2,3)39-29(37)33-17-19(20-10-8-9-15-26(20)33)16-31(32,27(34)35)28(36)38-18-25-23-13-6-4-11-21(23)22-12-5-7-14-24(22)25/h4-15,17,25H,16,18,32H2,1-3H3,(H,34,35). The summed E-state index contributed by atoms with van der Waals surface area (Å²) >= 11 is 0. The third kappa shape index (κ3) is 4.79. The zero-order valence-corrected chi connectivity index (χ0v) is 22.0. The Hall–Kier alpha value is -4.43. The maximum atomic E-state index is 13.3. The fourth-order valence-electron chi connectivity index (χ4n) is 5.12. The second-order valence-corrected chi connectivity index (χ2v) is 10.8. The van der Waals surface area contributed by atoms with Crippen molar-refractivity contribution in [1.29, 1.82) is 0 Å². The summed E-state index contributed by atoms with van der Waals surface area (Å²) in [6, 6.07) is 22.7. The molecule has 0 bridgehead atoms. The molecule has 8 nitrogen and oxygen atoms in total. The average Bonchev–Trinajstić information content (AvgIpc) is 3.42. The van der Waals surface area contributed by atoms with E-state index in [0.717, 1.165) is 22.3 Å². The SMILES string of the molecule is CC(C)(C)OC(=O)n1cc(CC(N)(C(=O)O)C(=O)OCC2c3ccccc3-c3ccccc32)c2ccccc21. The number of benzene rings is 3. The molecule has 1 heterocycles.